The maximum atomic E-state index is 11.1. The zero-order valence-electron chi connectivity index (χ0n) is 7.18. The van der Waals surface area contributed by atoms with Crippen LogP contribution in [-0.4, -0.2) is 18.5 Å². The lowest BCUT2D eigenvalue weighted by Crippen LogP contribution is -2.55. The van der Waals surface area contributed by atoms with Crippen LogP contribution in [0, 0.1) is 5.92 Å². The average molecular weight is 156 g/mol. The number of carbonyl (C=O) groups is 1. The number of amides is 1. The highest BCUT2D eigenvalue weighted by molar-refractivity contribution is 5.85. The summed E-state index contributed by atoms with van der Waals surface area (Å²) in [7, 11) is 1.81. The van der Waals surface area contributed by atoms with Crippen LogP contribution in [-0.2, 0) is 4.79 Å². The summed E-state index contributed by atoms with van der Waals surface area (Å²) in [5.41, 5.74) is 4.92. The molecule has 0 aromatic heterocycles. The molecule has 0 aliphatic heterocycles. The topological polar surface area (TPSA) is 55.1 Å². The highest BCUT2D eigenvalue weighted by Crippen LogP contribution is 2.41. The number of nitrogens with two attached hydrogens (primary N) is 1. The fourth-order valence-electron chi connectivity index (χ4n) is 1.74. The maximum Gasteiger partial charge on any atom is 0.237 e. The van der Waals surface area contributed by atoms with Gasteiger partial charge in [-0.25, -0.2) is 0 Å². The molecular formula is C8H16N2O. The van der Waals surface area contributed by atoms with Gasteiger partial charge in [-0.3, -0.25) is 4.79 Å². The van der Waals surface area contributed by atoms with Crippen molar-refractivity contribution in [2.24, 2.45) is 11.7 Å². The number of hydrogen-bond acceptors (Lipinski definition) is 2. The Morgan fingerprint density at radius 3 is 2.36 bits per heavy atom. The first-order valence-corrected chi connectivity index (χ1v) is 4.16. The van der Waals surface area contributed by atoms with E-state index in [1.165, 1.54) is 0 Å². The predicted octanol–water partition coefficient (Wildman–Crippen LogP) is 0.250. The van der Waals surface area contributed by atoms with Crippen LogP contribution in [0.15, 0.2) is 0 Å². The van der Waals surface area contributed by atoms with Crippen molar-refractivity contribution < 1.29 is 4.79 Å². The van der Waals surface area contributed by atoms with E-state index in [4.69, 9.17) is 5.73 Å². The summed E-state index contributed by atoms with van der Waals surface area (Å²) in [4.78, 5) is 11.1. The van der Waals surface area contributed by atoms with Crippen molar-refractivity contribution in [2.45, 2.75) is 31.7 Å². The molecule has 0 saturated heterocycles. The molecule has 64 valence electrons. The number of primary amides is 1. The molecule has 0 radical (unpaired) electrons. The molecule has 1 unspecified atom stereocenters. The fourth-order valence-corrected chi connectivity index (χ4v) is 1.74. The zero-order valence-corrected chi connectivity index (χ0v) is 7.18. The summed E-state index contributed by atoms with van der Waals surface area (Å²) in [5, 5.41) is 3.05. The van der Waals surface area contributed by atoms with Crippen molar-refractivity contribution in [2.75, 3.05) is 7.05 Å². The second kappa shape index (κ2) is 2.81. The summed E-state index contributed by atoms with van der Waals surface area (Å²) < 4.78 is 0. The largest absolute Gasteiger partial charge is 0.368 e. The monoisotopic (exact) mass is 156 g/mol. The minimum Gasteiger partial charge on any atom is -0.368 e. The number of carbonyl (C=O) groups excluding carboxylic acids is 1. The van der Waals surface area contributed by atoms with Crippen LogP contribution in [0.5, 0.6) is 0 Å². The van der Waals surface area contributed by atoms with E-state index >= 15 is 0 Å². The molecule has 1 amide bonds. The third kappa shape index (κ3) is 1.25. The molecule has 3 N–H and O–H groups in total. The Bertz CT molecular complexity index is 159. The SMILES string of the molecule is CCC(NC)(C(N)=O)C1CC1. The van der Waals surface area contributed by atoms with E-state index in [9.17, 15) is 4.79 Å². The third-order valence-electron chi connectivity index (χ3n) is 2.72. The van der Waals surface area contributed by atoms with Gasteiger partial charge in [0.1, 0.15) is 0 Å². The quantitative estimate of drug-likeness (QED) is 0.613. The average Bonchev–Trinajstić information content (AvgIpc) is 2.74. The minimum atomic E-state index is -0.417. The number of rotatable bonds is 4. The number of nitrogens with one attached hydrogen (secondary N) is 1. The first kappa shape index (κ1) is 8.53. The van der Waals surface area contributed by atoms with Crippen molar-refractivity contribution >= 4 is 5.91 Å². The first-order chi connectivity index (χ1) is 5.17. The van der Waals surface area contributed by atoms with E-state index in [-0.39, 0.29) is 5.91 Å². The van der Waals surface area contributed by atoms with Gasteiger partial charge in [-0.1, -0.05) is 6.92 Å². The Kier molecular flexibility index (Phi) is 2.18. The minimum absolute atomic E-state index is 0.204. The van der Waals surface area contributed by atoms with Gasteiger partial charge in [-0.05, 0) is 32.2 Å². The first-order valence-electron chi connectivity index (χ1n) is 4.16. The van der Waals surface area contributed by atoms with Crippen LogP contribution in [0.2, 0.25) is 0 Å². The Balaban J connectivity index is 2.73. The Morgan fingerprint density at radius 1 is 1.73 bits per heavy atom. The van der Waals surface area contributed by atoms with Crippen molar-refractivity contribution in [3.05, 3.63) is 0 Å². The van der Waals surface area contributed by atoms with E-state index in [0.29, 0.717) is 5.92 Å². The van der Waals surface area contributed by atoms with Crippen molar-refractivity contribution in [3.63, 3.8) is 0 Å². The van der Waals surface area contributed by atoms with Crippen molar-refractivity contribution in [1.29, 1.82) is 0 Å². The smallest absolute Gasteiger partial charge is 0.237 e. The van der Waals surface area contributed by atoms with Gasteiger partial charge in [0.05, 0.1) is 5.54 Å². The van der Waals surface area contributed by atoms with Gasteiger partial charge in [0.15, 0.2) is 0 Å². The molecule has 1 aliphatic carbocycles. The molecule has 1 saturated carbocycles. The molecule has 3 nitrogen and oxygen atoms in total. The second-order valence-corrected chi connectivity index (χ2v) is 3.21. The van der Waals surface area contributed by atoms with Gasteiger partial charge in [-0.2, -0.15) is 0 Å². The van der Waals surface area contributed by atoms with Crippen LogP contribution < -0.4 is 11.1 Å². The van der Waals surface area contributed by atoms with Crippen LogP contribution >= 0.6 is 0 Å². The summed E-state index contributed by atoms with van der Waals surface area (Å²) >= 11 is 0. The van der Waals surface area contributed by atoms with Crippen LogP contribution in [0.4, 0.5) is 0 Å². The summed E-state index contributed by atoms with van der Waals surface area (Å²) in [5.74, 6) is 0.278. The molecule has 0 spiro atoms. The standard InChI is InChI=1S/C8H16N2O/c1-3-8(10-2,7(9)11)6-4-5-6/h6,10H,3-5H2,1-2H3,(H2,9,11). The molecular weight excluding hydrogens is 140 g/mol. The van der Waals surface area contributed by atoms with E-state index in [0.717, 1.165) is 19.3 Å². The Morgan fingerprint density at radius 2 is 2.27 bits per heavy atom. The molecule has 0 aromatic rings. The van der Waals surface area contributed by atoms with Gasteiger partial charge in [0, 0.05) is 0 Å². The lowest BCUT2D eigenvalue weighted by atomic mass is 9.89. The fraction of sp³-hybridized carbons (Fsp3) is 0.875. The molecule has 3 heteroatoms. The van der Waals surface area contributed by atoms with Crippen LogP contribution in [0.25, 0.3) is 0 Å². The molecule has 0 bridgehead atoms. The molecule has 1 fully saturated rings. The van der Waals surface area contributed by atoms with E-state index in [2.05, 4.69) is 5.32 Å². The van der Waals surface area contributed by atoms with E-state index in [1.807, 2.05) is 14.0 Å². The molecule has 0 heterocycles. The molecule has 1 atom stereocenters. The van der Waals surface area contributed by atoms with E-state index < -0.39 is 5.54 Å². The van der Waals surface area contributed by atoms with Crippen molar-refractivity contribution in [1.82, 2.24) is 5.32 Å². The number of likely N-dealkylation sites (N-methyl/N-ethyl adjacent to an activating group) is 1. The van der Waals surface area contributed by atoms with Crippen molar-refractivity contribution in [3.8, 4) is 0 Å². The highest BCUT2D eigenvalue weighted by Gasteiger charge is 2.47. The molecule has 0 aromatic carbocycles. The highest BCUT2D eigenvalue weighted by atomic mass is 16.1. The van der Waals surface area contributed by atoms with Gasteiger partial charge >= 0.3 is 0 Å². The second-order valence-electron chi connectivity index (χ2n) is 3.21. The summed E-state index contributed by atoms with van der Waals surface area (Å²) in [6.07, 6.45) is 3.07. The van der Waals surface area contributed by atoms with Gasteiger partial charge in [0.2, 0.25) is 5.91 Å². The maximum absolute atomic E-state index is 11.1. The van der Waals surface area contributed by atoms with E-state index in [1.54, 1.807) is 0 Å². The normalized spacial score (nSPS) is 22.7. The van der Waals surface area contributed by atoms with Crippen LogP contribution in [0.3, 0.4) is 0 Å². The Labute approximate surface area is 67.3 Å². The zero-order chi connectivity index (χ0) is 8.48. The lowest BCUT2D eigenvalue weighted by molar-refractivity contribution is -0.125. The van der Waals surface area contributed by atoms with Crippen LogP contribution in [0.1, 0.15) is 26.2 Å². The molecule has 11 heavy (non-hydrogen) atoms. The van der Waals surface area contributed by atoms with Gasteiger partial charge < -0.3 is 11.1 Å². The number of hydrogen-bond donors (Lipinski definition) is 2. The van der Waals surface area contributed by atoms with Gasteiger partial charge in [-0.15, -0.1) is 0 Å². The Hall–Kier alpha value is -0.570. The lowest BCUT2D eigenvalue weighted by Gasteiger charge is -2.28. The summed E-state index contributed by atoms with van der Waals surface area (Å²) in [6.45, 7) is 2.00. The molecule has 1 rings (SSSR count). The predicted molar refractivity (Wildman–Crippen MR) is 44.0 cm³/mol. The van der Waals surface area contributed by atoms with Gasteiger partial charge in [0.25, 0.3) is 0 Å². The summed E-state index contributed by atoms with van der Waals surface area (Å²) in [6, 6.07) is 0. The molecule has 1 aliphatic rings. The third-order valence-corrected chi connectivity index (χ3v) is 2.72.